The van der Waals surface area contributed by atoms with Gasteiger partial charge in [0.1, 0.15) is 5.75 Å². The number of rotatable bonds is 7. The van der Waals surface area contributed by atoms with Gasteiger partial charge in [-0.1, -0.05) is 24.3 Å². The lowest BCUT2D eigenvalue weighted by molar-refractivity contribution is 0.0788. The summed E-state index contributed by atoms with van der Waals surface area (Å²) in [5.74, 6) is 0.862. The zero-order valence-corrected chi connectivity index (χ0v) is 16.6. The molecular formula is C23H25N3O2. The Hall–Kier alpha value is -3.21. The molecule has 0 N–H and O–H groups in total. The first-order chi connectivity index (χ1) is 13.5. The number of ether oxygens (including phenoxy) is 1. The summed E-state index contributed by atoms with van der Waals surface area (Å²) in [4.78, 5) is 14.3. The third-order valence-electron chi connectivity index (χ3n) is 4.47. The summed E-state index contributed by atoms with van der Waals surface area (Å²) in [6.45, 7) is 5.15. The van der Waals surface area contributed by atoms with Gasteiger partial charge in [-0.25, -0.2) is 0 Å². The highest BCUT2D eigenvalue weighted by Gasteiger charge is 2.12. The third-order valence-corrected chi connectivity index (χ3v) is 4.47. The van der Waals surface area contributed by atoms with Gasteiger partial charge in [0.25, 0.3) is 5.91 Å². The van der Waals surface area contributed by atoms with E-state index in [0.717, 1.165) is 29.1 Å². The van der Waals surface area contributed by atoms with Crippen LogP contribution in [0.4, 0.5) is 0 Å². The van der Waals surface area contributed by atoms with Gasteiger partial charge in [0.05, 0.1) is 18.0 Å². The predicted molar refractivity (Wildman–Crippen MR) is 110 cm³/mol. The molecule has 2 aromatic carbocycles. The number of benzene rings is 2. The molecule has 0 fully saturated rings. The highest BCUT2D eigenvalue weighted by atomic mass is 16.5. The zero-order chi connectivity index (χ0) is 19.9. The SMILES string of the molecule is Cc1cccc(OCCCN(C)C(=O)c2ccc(-c3ccc(C)nn3)cc2)c1. The number of aromatic nitrogens is 2. The van der Waals surface area contributed by atoms with Gasteiger partial charge < -0.3 is 9.64 Å². The van der Waals surface area contributed by atoms with Crippen LogP contribution in [0.25, 0.3) is 11.3 Å². The van der Waals surface area contributed by atoms with E-state index >= 15 is 0 Å². The Morgan fingerprint density at radius 3 is 2.46 bits per heavy atom. The molecular weight excluding hydrogens is 350 g/mol. The lowest BCUT2D eigenvalue weighted by Gasteiger charge is -2.17. The first kappa shape index (κ1) is 19.5. The molecule has 5 nitrogen and oxygen atoms in total. The summed E-state index contributed by atoms with van der Waals surface area (Å²) in [6.07, 6.45) is 0.771. The lowest BCUT2D eigenvalue weighted by Crippen LogP contribution is -2.28. The van der Waals surface area contributed by atoms with Gasteiger partial charge in [0.15, 0.2) is 0 Å². The maximum atomic E-state index is 12.6. The molecule has 0 atom stereocenters. The molecule has 0 unspecified atom stereocenters. The highest BCUT2D eigenvalue weighted by Crippen LogP contribution is 2.18. The van der Waals surface area contributed by atoms with E-state index in [0.29, 0.717) is 18.7 Å². The molecule has 144 valence electrons. The molecule has 1 amide bonds. The molecule has 0 spiro atoms. The first-order valence-corrected chi connectivity index (χ1v) is 9.38. The van der Waals surface area contributed by atoms with Crippen molar-refractivity contribution in [2.45, 2.75) is 20.3 Å². The molecule has 0 aliphatic heterocycles. The van der Waals surface area contributed by atoms with Crippen LogP contribution in [0.1, 0.15) is 28.0 Å². The molecule has 0 bridgehead atoms. The highest BCUT2D eigenvalue weighted by molar-refractivity contribution is 5.94. The predicted octanol–water partition coefficient (Wildman–Crippen LogP) is 4.30. The smallest absolute Gasteiger partial charge is 0.253 e. The molecule has 0 aliphatic rings. The molecule has 0 saturated carbocycles. The molecule has 0 aliphatic carbocycles. The quantitative estimate of drug-likeness (QED) is 0.578. The number of hydrogen-bond donors (Lipinski definition) is 0. The van der Waals surface area contributed by atoms with Crippen molar-refractivity contribution >= 4 is 5.91 Å². The number of carbonyl (C=O) groups is 1. The van der Waals surface area contributed by atoms with Crippen LogP contribution in [0.5, 0.6) is 5.75 Å². The maximum Gasteiger partial charge on any atom is 0.253 e. The van der Waals surface area contributed by atoms with Crippen molar-refractivity contribution in [3.63, 3.8) is 0 Å². The van der Waals surface area contributed by atoms with E-state index in [1.165, 1.54) is 5.56 Å². The topological polar surface area (TPSA) is 55.3 Å². The van der Waals surface area contributed by atoms with Gasteiger partial charge in [-0.3, -0.25) is 4.79 Å². The summed E-state index contributed by atoms with van der Waals surface area (Å²) >= 11 is 0. The van der Waals surface area contributed by atoms with Gasteiger partial charge in [-0.05, 0) is 62.2 Å². The monoisotopic (exact) mass is 375 g/mol. The average molecular weight is 375 g/mol. The van der Waals surface area contributed by atoms with Crippen LogP contribution in [-0.4, -0.2) is 41.2 Å². The van der Waals surface area contributed by atoms with Crippen molar-refractivity contribution in [1.29, 1.82) is 0 Å². The standard InChI is InChI=1S/C23H25N3O2/c1-17-6-4-7-21(16-17)28-15-5-14-26(3)23(27)20-11-9-19(10-12-20)22-13-8-18(2)24-25-22/h4,6-13,16H,5,14-15H2,1-3H3. The van der Waals surface area contributed by atoms with Crippen molar-refractivity contribution in [3.05, 3.63) is 77.5 Å². The second kappa shape index (κ2) is 9.13. The van der Waals surface area contributed by atoms with Crippen LogP contribution in [0, 0.1) is 13.8 Å². The van der Waals surface area contributed by atoms with Gasteiger partial charge in [-0.15, -0.1) is 0 Å². The number of hydrogen-bond acceptors (Lipinski definition) is 4. The molecule has 5 heteroatoms. The molecule has 1 aromatic heterocycles. The van der Waals surface area contributed by atoms with E-state index in [1.807, 2.05) is 81.6 Å². The minimum atomic E-state index is -0.00269. The van der Waals surface area contributed by atoms with E-state index < -0.39 is 0 Å². The van der Waals surface area contributed by atoms with Gasteiger partial charge >= 0.3 is 0 Å². The summed E-state index contributed by atoms with van der Waals surface area (Å²) in [7, 11) is 1.81. The lowest BCUT2D eigenvalue weighted by atomic mass is 10.1. The van der Waals surface area contributed by atoms with Crippen molar-refractivity contribution in [3.8, 4) is 17.0 Å². The first-order valence-electron chi connectivity index (χ1n) is 9.38. The number of carbonyl (C=O) groups excluding carboxylic acids is 1. The van der Waals surface area contributed by atoms with Crippen LogP contribution < -0.4 is 4.74 Å². The van der Waals surface area contributed by atoms with E-state index in [9.17, 15) is 4.79 Å². The number of nitrogens with zero attached hydrogens (tertiary/aromatic N) is 3. The molecule has 3 rings (SSSR count). The van der Waals surface area contributed by atoms with E-state index in [4.69, 9.17) is 4.74 Å². The van der Waals surface area contributed by atoms with Gasteiger partial charge in [0.2, 0.25) is 0 Å². The van der Waals surface area contributed by atoms with Crippen molar-refractivity contribution < 1.29 is 9.53 Å². The second-order valence-electron chi connectivity index (χ2n) is 6.88. The Kier molecular flexibility index (Phi) is 6.37. The average Bonchev–Trinajstić information content (AvgIpc) is 2.71. The fraction of sp³-hybridized carbons (Fsp3) is 0.261. The largest absolute Gasteiger partial charge is 0.494 e. The van der Waals surface area contributed by atoms with Gasteiger partial charge in [0, 0.05) is 24.7 Å². The van der Waals surface area contributed by atoms with E-state index in [2.05, 4.69) is 10.2 Å². The molecule has 0 saturated heterocycles. The molecule has 3 aromatic rings. The van der Waals surface area contributed by atoms with Crippen LogP contribution >= 0.6 is 0 Å². The fourth-order valence-corrected chi connectivity index (χ4v) is 2.86. The molecule has 1 heterocycles. The van der Waals surface area contributed by atoms with Crippen molar-refractivity contribution in [1.82, 2.24) is 15.1 Å². The van der Waals surface area contributed by atoms with E-state index in [-0.39, 0.29) is 5.91 Å². The third kappa shape index (κ3) is 5.16. The van der Waals surface area contributed by atoms with Crippen molar-refractivity contribution in [2.75, 3.05) is 20.2 Å². The Morgan fingerprint density at radius 1 is 1.00 bits per heavy atom. The van der Waals surface area contributed by atoms with Gasteiger partial charge in [-0.2, -0.15) is 10.2 Å². The Balaban J connectivity index is 1.50. The van der Waals surface area contributed by atoms with Crippen molar-refractivity contribution in [2.24, 2.45) is 0 Å². The van der Waals surface area contributed by atoms with Crippen LogP contribution in [0.15, 0.2) is 60.7 Å². The maximum absolute atomic E-state index is 12.6. The normalized spacial score (nSPS) is 10.5. The van der Waals surface area contributed by atoms with Crippen LogP contribution in [0.2, 0.25) is 0 Å². The Morgan fingerprint density at radius 2 is 1.79 bits per heavy atom. The van der Waals surface area contributed by atoms with Crippen LogP contribution in [-0.2, 0) is 0 Å². The second-order valence-corrected chi connectivity index (χ2v) is 6.88. The minimum absolute atomic E-state index is 0.00269. The van der Waals surface area contributed by atoms with E-state index in [1.54, 1.807) is 4.90 Å². The number of aryl methyl sites for hydroxylation is 2. The summed E-state index contributed by atoms with van der Waals surface area (Å²) < 4.78 is 5.74. The Labute approximate surface area is 166 Å². The summed E-state index contributed by atoms with van der Waals surface area (Å²) in [6, 6.07) is 19.3. The summed E-state index contributed by atoms with van der Waals surface area (Å²) in [5.41, 5.74) is 4.45. The number of amides is 1. The molecule has 28 heavy (non-hydrogen) atoms. The summed E-state index contributed by atoms with van der Waals surface area (Å²) in [5, 5.41) is 8.25. The molecule has 0 radical (unpaired) electrons. The Bertz CT molecular complexity index is 921. The minimum Gasteiger partial charge on any atom is -0.494 e. The van der Waals surface area contributed by atoms with Crippen LogP contribution in [0.3, 0.4) is 0 Å². The zero-order valence-electron chi connectivity index (χ0n) is 16.6. The fourth-order valence-electron chi connectivity index (χ4n) is 2.86.